The number of aliphatic hydroxyl groups is 1. The van der Waals surface area contributed by atoms with Gasteiger partial charge in [0.2, 0.25) is 0 Å². The maximum absolute atomic E-state index is 10.7. The molecule has 0 amide bonds. The molecule has 1 aliphatic carbocycles. The summed E-state index contributed by atoms with van der Waals surface area (Å²) < 4.78 is 1.97. The molecule has 114 valence electrons. The highest BCUT2D eigenvalue weighted by atomic mass is 16.3. The fraction of sp³-hybridized carbons (Fsp3) is 0.625. The Labute approximate surface area is 125 Å². The van der Waals surface area contributed by atoms with E-state index in [1.54, 1.807) is 12.5 Å². The van der Waals surface area contributed by atoms with Crippen LogP contribution < -0.4 is 5.32 Å². The van der Waals surface area contributed by atoms with Crippen molar-refractivity contribution < 1.29 is 5.11 Å². The summed E-state index contributed by atoms with van der Waals surface area (Å²) >= 11 is 0. The van der Waals surface area contributed by atoms with Crippen molar-refractivity contribution in [2.45, 2.75) is 45.1 Å². The third-order valence-electron chi connectivity index (χ3n) is 4.76. The number of anilines is 1. The van der Waals surface area contributed by atoms with Gasteiger partial charge < -0.3 is 15.0 Å². The fourth-order valence-electron chi connectivity index (χ4n) is 3.01. The monoisotopic (exact) mass is 288 g/mol. The SMILES string of the molecule is Cn1cnc2c(NCC3(O)CCC(C)(C)CC3)nccc21. The van der Waals surface area contributed by atoms with E-state index in [9.17, 15) is 5.11 Å². The smallest absolute Gasteiger partial charge is 0.154 e. The number of hydrogen-bond donors (Lipinski definition) is 2. The molecule has 5 heteroatoms. The molecule has 2 aromatic rings. The Morgan fingerprint density at radius 3 is 2.67 bits per heavy atom. The Hall–Kier alpha value is -1.62. The van der Waals surface area contributed by atoms with E-state index in [4.69, 9.17) is 0 Å². The summed E-state index contributed by atoms with van der Waals surface area (Å²) in [5.41, 5.74) is 1.63. The van der Waals surface area contributed by atoms with Gasteiger partial charge in [-0.15, -0.1) is 0 Å². The molecular weight excluding hydrogens is 264 g/mol. The third kappa shape index (κ3) is 2.88. The number of aromatic nitrogens is 3. The summed E-state index contributed by atoms with van der Waals surface area (Å²) in [5, 5.41) is 14.0. The average Bonchev–Trinajstić information content (AvgIpc) is 2.83. The van der Waals surface area contributed by atoms with Crippen molar-refractivity contribution in [3.05, 3.63) is 18.6 Å². The molecule has 0 saturated heterocycles. The minimum absolute atomic E-state index is 0.353. The third-order valence-corrected chi connectivity index (χ3v) is 4.76. The van der Waals surface area contributed by atoms with Crippen LogP contribution in [0.1, 0.15) is 39.5 Å². The second kappa shape index (κ2) is 4.98. The minimum Gasteiger partial charge on any atom is -0.388 e. The summed E-state index contributed by atoms with van der Waals surface area (Å²) in [6, 6.07) is 1.95. The first-order valence-corrected chi connectivity index (χ1v) is 7.61. The highest BCUT2D eigenvalue weighted by molar-refractivity contribution is 5.85. The van der Waals surface area contributed by atoms with Gasteiger partial charge in [-0.3, -0.25) is 0 Å². The zero-order chi connectivity index (χ0) is 15.1. The second-order valence-corrected chi connectivity index (χ2v) is 7.12. The Balaban J connectivity index is 1.72. The molecule has 1 aliphatic rings. The number of nitrogens with zero attached hydrogens (tertiary/aromatic N) is 3. The molecule has 0 spiro atoms. The van der Waals surface area contributed by atoms with Gasteiger partial charge in [0.25, 0.3) is 0 Å². The van der Waals surface area contributed by atoms with Gasteiger partial charge >= 0.3 is 0 Å². The summed E-state index contributed by atoms with van der Waals surface area (Å²) in [7, 11) is 1.97. The molecule has 21 heavy (non-hydrogen) atoms. The second-order valence-electron chi connectivity index (χ2n) is 7.12. The molecule has 2 N–H and O–H groups in total. The first kappa shape index (κ1) is 14.3. The molecule has 0 bridgehead atoms. The molecule has 0 unspecified atom stereocenters. The van der Waals surface area contributed by atoms with E-state index in [-0.39, 0.29) is 0 Å². The molecule has 0 aliphatic heterocycles. The molecular formula is C16H24N4O. The van der Waals surface area contributed by atoms with E-state index in [2.05, 4.69) is 29.1 Å². The molecule has 1 saturated carbocycles. The Morgan fingerprint density at radius 2 is 1.95 bits per heavy atom. The van der Waals surface area contributed by atoms with Crippen LogP contribution in [0.15, 0.2) is 18.6 Å². The summed E-state index contributed by atoms with van der Waals surface area (Å²) in [4.78, 5) is 8.75. The van der Waals surface area contributed by atoms with Crippen molar-refractivity contribution in [1.29, 1.82) is 0 Å². The van der Waals surface area contributed by atoms with Crippen LogP contribution in [0.5, 0.6) is 0 Å². The largest absolute Gasteiger partial charge is 0.388 e. The maximum atomic E-state index is 10.7. The number of pyridine rings is 1. The summed E-state index contributed by atoms with van der Waals surface area (Å²) in [6.07, 6.45) is 7.37. The highest BCUT2D eigenvalue weighted by Gasteiger charge is 2.36. The number of nitrogens with one attached hydrogen (secondary N) is 1. The number of fused-ring (bicyclic) bond motifs is 1. The van der Waals surface area contributed by atoms with Crippen molar-refractivity contribution in [2.75, 3.05) is 11.9 Å². The van der Waals surface area contributed by atoms with Crippen molar-refractivity contribution in [1.82, 2.24) is 14.5 Å². The molecule has 0 aromatic carbocycles. The first-order valence-electron chi connectivity index (χ1n) is 7.61. The van der Waals surface area contributed by atoms with E-state index in [1.807, 2.05) is 17.7 Å². The summed E-state index contributed by atoms with van der Waals surface area (Å²) in [5.74, 6) is 0.756. The molecule has 1 fully saturated rings. The van der Waals surface area contributed by atoms with Gasteiger partial charge in [0.05, 0.1) is 17.4 Å². The number of aryl methyl sites for hydroxylation is 1. The van der Waals surface area contributed by atoms with E-state index in [0.717, 1.165) is 42.5 Å². The van der Waals surface area contributed by atoms with Crippen molar-refractivity contribution >= 4 is 16.9 Å². The lowest BCUT2D eigenvalue weighted by molar-refractivity contribution is -0.0145. The van der Waals surface area contributed by atoms with Crippen LogP contribution in [-0.2, 0) is 7.05 Å². The quantitative estimate of drug-likeness (QED) is 0.911. The van der Waals surface area contributed by atoms with Crippen LogP contribution in [0.2, 0.25) is 0 Å². The van der Waals surface area contributed by atoms with Gasteiger partial charge in [-0.05, 0) is 37.2 Å². The van der Waals surface area contributed by atoms with Gasteiger partial charge in [0.15, 0.2) is 5.82 Å². The van der Waals surface area contributed by atoms with Crippen LogP contribution in [0.25, 0.3) is 11.0 Å². The fourth-order valence-corrected chi connectivity index (χ4v) is 3.01. The normalized spacial score (nSPS) is 20.6. The van der Waals surface area contributed by atoms with Crippen LogP contribution >= 0.6 is 0 Å². The van der Waals surface area contributed by atoms with E-state index in [0.29, 0.717) is 12.0 Å². The minimum atomic E-state index is -0.631. The molecule has 5 nitrogen and oxygen atoms in total. The predicted molar refractivity (Wildman–Crippen MR) is 84.2 cm³/mol. The maximum Gasteiger partial charge on any atom is 0.154 e. The van der Waals surface area contributed by atoms with Gasteiger partial charge in [-0.2, -0.15) is 0 Å². The average molecular weight is 288 g/mol. The lowest BCUT2D eigenvalue weighted by atomic mass is 9.71. The van der Waals surface area contributed by atoms with Gasteiger partial charge in [0, 0.05) is 19.8 Å². The van der Waals surface area contributed by atoms with Crippen LogP contribution in [0, 0.1) is 5.41 Å². The van der Waals surface area contributed by atoms with E-state index in [1.165, 1.54) is 0 Å². The number of imidazole rings is 1. The molecule has 0 atom stereocenters. The molecule has 3 rings (SSSR count). The van der Waals surface area contributed by atoms with Gasteiger partial charge in [-0.1, -0.05) is 13.8 Å². The standard InChI is InChI=1S/C16H24N4O/c1-15(2)5-7-16(21,8-6-15)10-18-14-13-12(4-9-17-14)20(3)11-19-13/h4,9,11,21H,5-8,10H2,1-3H3,(H,17,18). The first-order chi connectivity index (χ1) is 9.89. The van der Waals surface area contributed by atoms with Crippen molar-refractivity contribution in [3.8, 4) is 0 Å². The Bertz CT molecular complexity index is 637. The lowest BCUT2D eigenvalue weighted by Gasteiger charge is -2.40. The van der Waals surface area contributed by atoms with E-state index >= 15 is 0 Å². The molecule has 2 aromatic heterocycles. The van der Waals surface area contributed by atoms with Crippen molar-refractivity contribution in [2.24, 2.45) is 12.5 Å². The van der Waals surface area contributed by atoms with Crippen LogP contribution in [-0.4, -0.2) is 31.8 Å². The Morgan fingerprint density at radius 1 is 1.24 bits per heavy atom. The number of hydrogen-bond acceptors (Lipinski definition) is 4. The van der Waals surface area contributed by atoms with E-state index < -0.39 is 5.60 Å². The molecule has 2 heterocycles. The Kier molecular flexibility index (Phi) is 3.40. The molecule has 0 radical (unpaired) electrons. The lowest BCUT2D eigenvalue weighted by Crippen LogP contribution is -2.42. The highest BCUT2D eigenvalue weighted by Crippen LogP contribution is 2.40. The van der Waals surface area contributed by atoms with Gasteiger partial charge in [0.1, 0.15) is 5.52 Å². The topological polar surface area (TPSA) is 63.0 Å². The summed E-state index contributed by atoms with van der Waals surface area (Å²) in [6.45, 7) is 5.08. The van der Waals surface area contributed by atoms with Crippen LogP contribution in [0.3, 0.4) is 0 Å². The van der Waals surface area contributed by atoms with Crippen LogP contribution in [0.4, 0.5) is 5.82 Å². The van der Waals surface area contributed by atoms with Gasteiger partial charge in [-0.25, -0.2) is 9.97 Å². The predicted octanol–water partition coefficient (Wildman–Crippen LogP) is 2.71. The zero-order valence-corrected chi connectivity index (χ0v) is 13.1. The number of rotatable bonds is 3. The van der Waals surface area contributed by atoms with Crippen molar-refractivity contribution in [3.63, 3.8) is 0 Å². The zero-order valence-electron chi connectivity index (χ0n) is 13.1.